The van der Waals surface area contributed by atoms with Crippen LogP contribution in [0.3, 0.4) is 0 Å². The lowest BCUT2D eigenvalue weighted by Crippen LogP contribution is -2.04. The molecule has 0 saturated carbocycles. The second-order valence-electron chi connectivity index (χ2n) is 6.37. The summed E-state index contributed by atoms with van der Waals surface area (Å²) >= 11 is 0. The van der Waals surface area contributed by atoms with Crippen LogP contribution in [-0.4, -0.2) is 10.8 Å². The largest absolute Gasteiger partial charge is 0.294 e. The molecule has 0 N–H and O–H groups in total. The van der Waals surface area contributed by atoms with Crippen LogP contribution in [-0.2, 0) is 0 Å². The molecule has 22 heavy (non-hydrogen) atoms. The monoisotopic (exact) mass is 295 g/mol. The number of carbonyl (C=O) groups is 1. The predicted molar refractivity (Wildman–Crippen MR) is 91.5 cm³/mol. The van der Waals surface area contributed by atoms with Gasteiger partial charge in [-0.1, -0.05) is 45.0 Å². The molecular formula is C20H25NO. The van der Waals surface area contributed by atoms with Crippen LogP contribution in [0.25, 0.3) is 0 Å². The van der Waals surface area contributed by atoms with E-state index in [2.05, 4.69) is 44.8 Å². The third-order valence-electron chi connectivity index (χ3n) is 4.31. The van der Waals surface area contributed by atoms with Crippen LogP contribution < -0.4 is 0 Å². The number of hydrogen-bond donors (Lipinski definition) is 0. The minimum atomic E-state index is 0.226. The van der Waals surface area contributed by atoms with E-state index in [1.54, 1.807) is 0 Å². The number of aryl methyl sites for hydroxylation is 1. The quantitative estimate of drug-likeness (QED) is 0.679. The Morgan fingerprint density at radius 3 is 2.36 bits per heavy atom. The number of benzene rings is 1. The summed E-state index contributed by atoms with van der Waals surface area (Å²) in [5.74, 6) is 1.08. The van der Waals surface area contributed by atoms with Crippen molar-refractivity contribution in [3.05, 3.63) is 65.0 Å². The molecular weight excluding hydrogens is 270 g/mol. The molecule has 0 radical (unpaired) electrons. The fourth-order valence-corrected chi connectivity index (χ4v) is 2.69. The van der Waals surface area contributed by atoms with E-state index in [9.17, 15) is 4.79 Å². The number of aromatic nitrogens is 1. The summed E-state index contributed by atoms with van der Waals surface area (Å²) in [6.45, 7) is 8.59. The molecule has 0 amide bonds. The van der Waals surface area contributed by atoms with E-state index in [1.165, 1.54) is 16.7 Å². The number of pyridine rings is 1. The van der Waals surface area contributed by atoms with Gasteiger partial charge in [-0.2, -0.15) is 0 Å². The Kier molecular flexibility index (Phi) is 5.48. The van der Waals surface area contributed by atoms with E-state index in [0.29, 0.717) is 18.3 Å². The first-order valence-corrected chi connectivity index (χ1v) is 8.02. The van der Waals surface area contributed by atoms with Crippen molar-refractivity contribution < 1.29 is 4.79 Å². The van der Waals surface area contributed by atoms with Gasteiger partial charge in [0.2, 0.25) is 0 Å². The number of rotatable bonds is 6. The van der Waals surface area contributed by atoms with Crippen molar-refractivity contribution in [1.82, 2.24) is 4.98 Å². The zero-order chi connectivity index (χ0) is 16.1. The summed E-state index contributed by atoms with van der Waals surface area (Å²) in [6.07, 6.45) is 5.17. The first kappa shape index (κ1) is 16.4. The van der Waals surface area contributed by atoms with Crippen molar-refractivity contribution >= 4 is 5.78 Å². The molecule has 1 heterocycles. The first-order chi connectivity index (χ1) is 10.5. The van der Waals surface area contributed by atoms with Gasteiger partial charge in [-0.25, -0.2) is 0 Å². The van der Waals surface area contributed by atoms with Gasteiger partial charge in [0.05, 0.1) is 0 Å². The molecule has 0 saturated heterocycles. The molecule has 2 rings (SSSR count). The van der Waals surface area contributed by atoms with E-state index in [1.807, 2.05) is 30.6 Å². The summed E-state index contributed by atoms with van der Waals surface area (Å²) in [6, 6.07) is 10.1. The molecule has 0 aliphatic rings. The van der Waals surface area contributed by atoms with Crippen LogP contribution in [0.1, 0.15) is 72.5 Å². The van der Waals surface area contributed by atoms with Gasteiger partial charge < -0.3 is 0 Å². The molecule has 1 aromatic carbocycles. The van der Waals surface area contributed by atoms with E-state index in [4.69, 9.17) is 0 Å². The molecule has 1 atom stereocenters. The lowest BCUT2D eigenvalue weighted by atomic mass is 9.92. The van der Waals surface area contributed by atoms with Crippen molar-refractivity contribution in [2.75, 3.05) is 0 Å². The standard InChI is InChI=1S/C20H25NO/c1-14(2)17-6-8-18(9-7-17)20(22)10-5-15(3)19-13-21-12-11-16(19)4/h6-9,11-15H,5,10H2,1-4H3. The van der Waals surface area contributed by atoms with Gasteiger partial charge in [0.1, 0.15) is 0 Å². The molecule has 2 nitrogen and oxygen atoms in total. The van der Waals surface area contributed by atoms with Gasteiger partial charge in [-0.3, -0.25) is 9.78 Å². The molecule has 0 aliphatic carbocycles. The molecule has 0 aliphatic heterocycles. The van der Waals surface area contributed by atoms with E-state index in [-0.39, 0.29) is 5.78 Å². The topological polar surface area (TPSA) is 30.0 Å². The number of nitrogens with zero attached hydrogens (tertiary/aromatic N) is 1. The highest BCUT2D eigenvalue weighted by Crippen LogP contribution is 2.24. The fourth-order valence-electron chi connectivity index (χ4n) is 2.69. The van der Waals surface area contributed by atoms with Crippen molar-refractivity contribution in [3.63, 3.8) is 0 Å². The average molecular weight is 295 g/mol. The van der Waals surface area contributed by atoms with Crippen molar-refractivity contribution in [1.29, 1.82) is 0 Å². The Balaban J connectivity index is 1.96. The summed E-state index contributed by atoms with van der Waals surface area (Å²) in [5, 5.41) is 0. The van der Waals surface area contributed by atoms with Crippen LogP contribution in [0.4, 0.5) is 0 Å². The maximum Gasteiger partial charge on any atom is 0.162 e. The van der Waals surface area contributed by atoms with Crippen LogP contribution in [0, 0.1) is 6.92 Å². The van der Waals surface area contributed by atoms with Gasteiger partial charge in [0.25, 0.3) is 0 Å². The minimum Gasteiger partial charge on any atom is -0.294 e. The number of hydrogen-bond acceptors (Lipinski definition) is 2. The van der Waals surface area contributed by atoms with E-state index in [0.717, 1.165) is 12.0 Å². The Bertz CT molecular complexity index is 628. The molecule has 1 aromatic heterocycles. The van der Waals surface area contributed by atoms with E-state index >= 15 is 0 Å². The highest BCUT2D eigenvalue weighted by Gasteiger charge is 2.12. The Labute approximate surface area is 133 Å². The van der Waals surface area contributed by atoms with Gasteiger partial charge >= 0.3 is 0 Å². The lowest BCUT2D eigenvalue weighted by Gasteiger charge is -2.13. The first-order valence-electron chi connectivity index (χ1n) is 8.02. The Morgan fingerprint density at radius 2 is 1.77 bits per heavy atom. The van der Waals surface area contributed by atoms with Crippen LogP contribution >= 0.6 is 0 Å². The van der Waals surface area contributed by atoms with Crippen molar-refractivity contribution in [2.45, 2.75) is 52.4 Å². The second-order valence-corrected chi connectivity index (χ2v) is 6.37. The molecule has 0 spiro atoms. The minimum absolute atomic E-state index is 0.226. The summed E-state index contributed by atoms with van der Waals surface area (Å²) in [7, 11) is 0. The summed E-state index contributed by atoms with van der Waals surface area (Å²) in [5.41, 5.74) is 4.58. The second kappa shape index (κ2) is 7.35. The number of carbonyl (C=O) groups excluding carboxylic acids is 1. The average Bonchev–Trinajstić information content (AvgIpc) is 2.52. The Morgan fingerprint density at radius 1 is 1.09 bits per heavy atom. The molecule has 1 unspecified atom stereocenters. The van der Waals surface area contributed by atoms with Gasteiger partial charge in [-0.15, -0.1) is 0 Å². The highest BCUT2D eigenvalue weighted by molar-refractivity contribution is 5.96. The molecule has 116 valence electrons. The molecule has 0 bridgehead atoms. The van der Waals surface area contributed by atoms with Crippen molar-refractivity contribution in [3.8, 4) is 0 Å². The van der Waals surface area contributed by atoms with Crippen LogP contribution in [0.15, 0.2) is 42.7 Å². The maximum absolute atomic E-state index is 12.3. The van der Waals surface area contributed by atoms with E-state index < -0.39 is 0 Å². The third kappa shape index (κ3) is 4.03. The smallest absolute Gasteiger partial charge is 0.162 e. The van der Waals surface area contributed by atoms with Crippen LogP contribution in [0.5, 0.6) is 0 Å². The molecule has 0 fully saturated rings. The van der Waals surface area contributed by atoms with Crippen molar-refractivity contribution in [2.24, 2.45) is 0 Å². The van der Waals surface area contributed by atoms with Crippen LogP contribution in [0.2, 0.25) is 0 Å². The zero-order valence-corrected chi connectivity index (χ0v) is 14.0. The SMILES string of the molecule is Cc1ccncc1C(C)CCC(=O)c1ccc(C(C)C)cc1. The van der Waals surface area contributed by atoms with Gasteiger partial charge in [0, 0.05) is 24.4 Å². The molecule has 2 heteroatoms. The number of Topliss-reactive ketones (excluding diaryl/α,β-unsaturated/α-hetero) is 1. The summed E-state index contributed by atoms with van der Waals surface area (Å²) in [4.78, 5) is 16.5. The Hall–Kier alpha value is -1.96. The predicted octanol–water partition coefficient (Wildman–Crippen LogP) is 5.28. The third-order valence-corrected chi connectivity index (χ3v) is 4.31. The highest BCUT2D eigenvalue weighted by atomic mass is 16.1. The van der Waals surface area contributed by atoms with Gasteiger partial charge in [-0.05, 0) is 47.9 Å². The zero-order valence-electron chi connectivity index (χ0n) is 14.0. The number of ketones is 1. The summed E-state index contributed by atoms with van der Waals surface area (Å²) < 4.78 is 0. The molecule has 2 aromatic rings. The lowest BCUT2D eigenvalue weighted by molar-refractivity contribution is 0.0978. The fraction of sp³-hybridized carbons (Fsp3) is 0.400. The maximum atomic E-state index is 12.3. The normalized spacial score (nSPS) is 12.4. The van der Waals surface area contributed by atoms with Gasteiger partial charge in [0.15, 0.2) is 5.78 Å².